The molecule has 1 N–H and O–H groups in total. The van der Waals surface area contributed by atoms with E-state index in [1.165, 1.54) is 24.3 Å². The van der Waals surface area contributed by atoms with Crippen LogP contribution in [0.25, 0.3) is 0 Å². The zero-order chi connectivity index (χ0) is 25.3. The molecule has 1 fully saturated rings. The monoisotopic (exact) mass is 480 g/mol. The SMILES string of the molecule is CCOC(=O)C(C)(C)Oc1ccc(C2CC2C(O)c2ccc(OC(F)(F)F)cc2)cc1C(C)C. The zero-order valence-electron chi connectivity index (χ0n) is 20.0. The molecule has 3 unspecified atom stereocenters. The Labute approximate surface area is 197 Å². The van der Waals surface area contributed by atoms with Crippen molar-refractivity contribution in [3.05, 3.63) is 59.2 Å². The zero-order valence-corrected chi connectivity index (χ0v) is 20.0. The van der Waals surface area contributed by atoms with Gasteiger partial charge in [-0.3, -0.25) is 0 Å². The number of rotatable bonds is 9. The standard InChI is InChI=1S/C26H31F3O5/c1-6-32-24(31)25(4,5)34-22-12-9-17(13-19(22)15(2)3)20-14-21(20)23(30)16-7-10-18(11-8-16)33-26(27,28)29/h7-13,15,20-21,23,30H,6,14H2,1-5H3. The molecule has 0 radical (unpaired) electrons. The Morgan fingerprint density at radius 1 is 1.09 bits per heavy atom. The van der Waals surface area contributed by atoms with E-state index in [0.29, 0.717) is 11.3 Å². The molecule has 0 bridgehead atoms. The number of halogens is 3. The van der Waals surface area contributed by atoms with Crippen LogP contribution in [0.2, 0.25) is 0 Å². The Morgan fingerprint density at radius 3 is 2.29 bits per heavy atom. The van der Waals surface area contributed by atoms with Crippen LogP contribution in [0.15, 0.2) is 42.5 Å². The van der Waals surface area contributed by atoms with E-state index in [1.807, 2.05) is 32.0 Å². The topological polar surface area (TPSA) is 65.0 Å². The number of hydrogen-bond acceptors (Lipinski definition) is 5. The molecule has 8 heteroatoms. The second-order valence-electron chi connectivity index (χ2n) is 9.35. The van der Waals surface area contributed by atoms with E-state index in [0.717, 1.165) is 17.5 Å². The minimum Gasteiger partial charge on any atom is -0.476 e. The highest BCUT2D eigenvalue weighted by Crippen LogP contribution is 2.55. The molecule has 1 saturated carbocycles. The summed E-state index contributed by atoms with van der Waals surface area (Å²) in [5, 5.41) is 10.8. The van der Waals surface area contributed by atoms with Gasteiger partial charge in [0.25, 0.3) is 0 Å². The van der Waals surface area contributed by atoms with E-state index in [2.05, 4.69) is 4.74 Å². The Bertz CT molecular complexity index is 998. The lowest BCUT2D eigenvalue weighted by molar-refractivity contribution is -0.274. The van der Waals surface area contributed by atoms with Gasteiger partial charge in [-0.2, -0.15) is 0 Å². The van der Waals surface area contributed by atoms with E-state index in [9.17, 15) is 23.1 Å². The Kier molecular flexibility index (Phi) is 7.50. The minimum absolute atomic E-state index is 0.0443. The summed E-state index contributed by atoms with van der Waals surface area (Å²) in [4.78, 5) is 12.2. The molecular formula is C26H31F3O5. The van der Waals surface area contributed by atoms with Crippen LogP contribution in [0.1, 0.15) is 75.7 Å². The number of aliphatic hydroxyl groups is 1. The highest BCUT2D eigenvalue weighted by Gasteiger charge is 2.44. The Hall–Kier alpha value is -2.74. The van der Waals surface area contributed by atoms with Crippen LogP contribution < -0.4 is 9.47 Å². The van der Waals surface area contributed by atoms with Crippen LogP contribution in [0.4, 0.5) is 13.2 Å². The van der Waals surface area contributed by atoms with Gasteiger partial charge in [-0.15, -0.1) is 13.2 Å². The number of alkyl halides is 3. The number of benzene rings is 2. The van der Waals surface area contributed by atoms with Gasteiger partial charge < -0.3 is 19.3 Å². The first-order valence-corrected chi connectivity index (χ1v) is 11.4. The van der Waals surface area contributed by atoms with Gasteiger partial charge >= 0.3 is 12.3 Å². The maximum atomic E-state index is 12.4. The van der Waals surface area contributed by atoms with Crippen molar-refractivity contribution >= 4 is 5.97 Å². The maximum absolute atomic E-state index is 12.4. The number of ether oxygens (including phenoxy) is 3. The smallest absolute Gasteiger partial charge is 0.476 e. The quantitative estimate of drug-likeness (QED) is 0.429. The van der Waals surface area contributed by atoms with Crippen LogP contribution in [0, 0.1) is 5.92 Å². The predicted octanol–water partition coefficient (Wildman–Crippen LogP) is 6.27. The first kappa shape index (κ1) is 25.9. The lowest BCUT2D eigenvalue weighted by atomic mass is 9.95. The molecule has 0 heterocycles. The maximum Gasteiger partial charge on any atom is 0.573 e. The molecule has 0 amide bonds. The highest BCUT2D eigenvalue weighted by atomic mass is 19.4. The number of esters is 1. The Morgan fingerprint density at radius 2 is 1.74 bits per heavy atom. The molecular weight excluding hydrogens is 449 g/mol. The van der Waals surface area contributed by atoms with Crippen LogP contribution in [0.3, 0.4) is 0 Å². The third-order valence-electron chi connectivity index (χ3n) is 5.92. The summed E-state index contributed by atoms with van der Waals surface area (Å²) in [5.41, 5.74) is 1.40. The largest absolute Gasteiger partial charge is 0.573 e. The average Bonchev–Trinajstić information content (AvgIpc) is 3.53. The summed E-state index contributed by atoms with van der Waals surface area (Å²) in [5.74, 6) is 0.0541. The molecule has 1 aliphatic rings. The van der Waals surface area contributed by atoms with E-state index in [-0.39, 0.29) is 30.1 Å². The van der Waals surface area contributed by atoms with Gasteiger partial charge in [0.1, 0.15) is 11.5 Å². The number of aliphatic hydroxyl groups excluding tert-OH is 1. The molecule has 1 aliphatic carbocycles. The molecule has 0 aliphatic heterocycles. The molecule has 0 spiro atoms. The van der Waals surface area contributed by atoms with Crippen molar-refractivity contribution in [3.63, 3.8) is 0 Å². The van der Waals surface area contributed by atoms with E-state index >= 15 is 0 Å². The lowest BCUT2D eigenvalue weighted by Crippen LogP contribution is -2.40. The van der Waals surface area contributed by atoms with Gasteiger partial charge in [-0.05, 0) is 79.8 Å². The minimum atomic E-state index is -4.75. The second-order valence-corrected chi connectivity index (χ2v) is 9.35. The van der Waals surface area contributed by atoms with Crippen LogP contribution >= 0.6 is 0 Å². The number of hydrogen-bond donors (Lipinski definition) is 1. The summed E-state index contributed by atoms with van der Waals surface area (Å²) < 4.78 is 52.1. The van der Waals surface area contributed by atoms with E-state index in [1.54, 1.807) is 20.8 Å². The molecule has 34 heavy (non-hydrogen) atoms. The third kappa shape index (κ3) is 6.23. The average molecular weight is 481 g/mol. The second kappa shape index (κ2) is 9.86. The molecule has 0 saturated heterocycles. The van der Waals surface area contributed by atoms with Crippen LogP contribution in [-0.4, -0.2) is 29.6 Å². The van der Waals surface area contributed by atoms with Crippen molar-refractivity contribution in [2.75, 3.05) is 6.61 Å². The highest BCUT2D eigenvalue weighted by molar-refractivity contribution is 5.79. The Balaban J connectivity index is 1.72. The number of carbonyl (C=O) groups is 1. The molecule has 186 valence electrons. The molecule has 2 aromatic carbocycles. The van der Waals surface area contributed by atoms with Gasteiger partial charge in [-0.25, -0.2) is 4.79 Å². The summed E-state index contributed by atoms with van der Waals surface area (Å²) >= 11 is 0. The normalized spacial score (nSPS) is 19.0. The molecule has 2 aromatic rings. The van der Waals surface area contributed by atoms with Crippen molar-refractivity contribution in [2.45, 2.75) is 70.9 Å². The predicted molar refractivity (Wildman–Crippen MR) is 121 cm³/mol. The van der Waals surface area contributed by atoms with Crippen molar-refractivity contribution in [2.24, 2.45) is 5.92 Å². The van der Waals surface area contributed by atoms with E-state index < -0.39 is 24.0 Å². The van der Waals surface area contributed by atoms with Crippen LogP contribution in [0.5, 0.6) is 11.5 Å². The molecule has 3 atom stereocenters. The first-order chi connectivity index (χ1) is 15.8. The fraction of sp³-hybridized carbons (Fsp3) is 0.500. The van der Waals surface area contributed by atoms with Crippen molar-refractivity contribution < 1.29 is 37.3 Å². The van der Waals surface area contributed by atoms with E-state index in [4.69, 9.17) is 9.47 Å². The fourth-order valence-electron chi connectivity index (χ4n) is 4.02. The summed E-state index contributed by atoms with van der Waals surface area (Å²) in [6.45, 7) is 9.42. The number of carbonyl (C=O) groups excluding carboxylic acids is 1. The third-order valence-corrected chi connectivity index (χ3v) is 5.92. The van der Waals surface area contributed by atoms with Crippen LogP contribution in [-0.2, 0) is 9.53 Å². The van der Waals surface area contributed by atoms with Gasteiger partial charge in [0, 0.05) is 0 Å². The van der Waals surface area contributed by atoms with Gasteiger partial charge in [0.15, 0.2) is 5.60 Å². The molecule has 5 nitrogen and oxygen atoms in total. The molecule has 3 rings (SSSR count). The summed E-state index contributed by atoms with van der Waals surface area (Å²) in [7, 11) is 0. The summed E-state index contributed by atoms with van der Waals surface area (Å²) in [6, 6.07) is 11.1. The van der Waals surface area contributed by atoms with Gasteiger partial charge in [-0.1, -0.05) is 38.1 Å². The molecule has 0 aromatic heterocycles. The van der Waals surface area contributed by atoms with Crippen molar-refractivity contribution in [1.29, 1.82) is 0 Å². The van der Waals surface area contributed by atoms with Crippen molar-refractivity contribution in [1.82, 2.24) is 0 Å². The lowest BCUT2D eigenvalue weighted by Gasteiger charge is -2.26. The van der Waals surface area contributed by atoms with Gasteiger partial charge in [0.05, 0.1) is 12.7 Å². The summed E-state index contributed by atoms with van der Waals surface area (Å²) in [6.07, 6.45) is -4.79. The first-order valence-electron chi connectivity index (χ1n) is 11.4. The van der Waals surface area contributed by atoms with Gasteiger partial charge in [0.2, 0.25) is 0 Å². The van der Waals surface area contributed by atoms with Crippen molar-refractivity contribution in [3.8, 4) is 11.5 Å². The fourth-order valence-corrected chi connectivity index (χ4v) is 4.02.